The Morgan fingerprint density at radius 2 is 1.75 bits per heavy atom. The average Bonchev–Trinajstić information content (AvgIpc) is 2.65. The predicted molar refractivity (Wildman–Crippen MR) is 102 cm³/mol. The molecule has 1 aliphatic heterocycles. The van der Waals surface area contributed by atoms with Crippen molar-refractivity contribution in [3.8, 4) is 5.75 Å². The number of nitrogens with zero attached hydrogens (tertiary/aromatic N) is 1. The summed E-state index contributed by atoms with van der Waals surface area (Å²) in [4.78, 5) is 2.17. The number of hydrogen-bond acceptors (Lipinski definition) is 2. The van der Waals surface area contributed by atoms with Gasteiger partial charge in [0.1, 0.15) is 0 Å². The Kier molecular flexibility index (Phi) is 4.85. The van der Waals surface area contributed by atoms with Crippen molar-refractivity contribution >= 4 is 11.4 Å². The number of fused-ring (bicyclic) bond motifs is 1. The minimum absolute atomic E-state index is 0.721. The molecule has 0 amide bonds. The van der Waals surface area contributed by atoms with Gasteiger partial charge >= 0.3 is 0 Å². The van der Waals surface area contributed by atoms with E-state index in [1.807, 2.05) is 24.3 Å². The number of aryl methyl sites for hydroxylation is 1. The van der Waals surface area contributed by atoms with Gasteiger partial charge in [-0.15, -0.1) is 0 Å². The van der Waals surface area contributed by atoms with Crippen LogP contribution in [0.3, 0.4) is 0 Å². The Balaban J connectivity index is 2.04. The minimum atomic E-state index is 0.721. The molecule has 0 aliphatic carbocycles. The number of ether oxygens (including phenoxy) is 1. The van der Waals surface area contributed by atoms with Gasteiger partial charge in [0.25, 0.3) is 0 Å². The Morgan fingerprint density at radius 1 is 1.00 bits per heavy atom. The highest BCUT2D eigenvalue weighted by molar-refractivity contribution is 5.77. The maximum absolute atomic E-state index is 5.96. The minimum Gasteiger partial charge on any atom is -0.453 e. The molecule has 2 aromatic rings. The first-order valence-electron chi connectivity index (χ1n) is 8.43. The van der Waals surface area contributed by atoms with Gasteiger partial charge in [-0.2, -0.15) is 0 Å². The molecule has 0 fully saturated rings. The number of unbranched alkanes of at least 4 members (excludes halogenated alkanes) is 1. The third-order valence-corrected chi connectivity index (χ3v) is 4.21. The molecule has 0 atom stereocenters. The normalized spacial score (nSPS) is 13.3. The Morgan fingerprint density at radius 3 is 2.42 bits per heavy atom. The summed E-state index contributed by atoms with van der Waals surface area (Å²) in [5.41, 5.74) is 4.39. The molecular weight excluding hydrogens is 294 g/mol. The van der Waals surface area contributed by atoms with E-state index in [1.165, 1.54) is 18.4 Å². The molecule has 2 heteroatoms. The lowest BCUT2D eigenvalue weighted by Crippen LogP contribution is -2.22. The summed E-state index contributed by atoms with van der Waals surface area (Å²) in [6, 6.07) is 16.8. The average molecular weight is 317 g/mol. The number of allylic oxidation sites excluding steroid dienone is 2. The molecule has 2 aromatic carbocycles. The van der Waals surface area contributed by atoms with Gasteiger partial charge in [0, 0.05) is 5.69 Å². The molecule has 122 valence electrons. The lowest BCUT2D eigenvalue weighted by molar-refractivity contribution is 0.431. The third kappa shape index (κ3) is 3.00. The summed E-state index contributed by atoms with van der Waals surface area (Å²) >= 11 is 0. The van der Waals surface area contributed by atoms with E-state index in [4.69, 9.17) is 4.74 Å². The first-order chi connectivity index (χ1) is 11.8. The fraction of sp³-hybridized carbons (Fsp3) is 0.182. The summed E-state index contributed by atoms with van der Waals surface area (Å²) in [6.07, 6.45) is 7.11. The SMILES string of the molecule is C=CC1=C(C=C)N(c2ccc(CCCC)cc2)c2ccccc2O1. The topological polar surface area (TPSA) is 12.5 Å². The molecule has 1 aliphatic rings. The van der Waals surface area contributed by atoms with Gasteiger partial charge in [-0.1, -0.05) is 50.8 Å². The van der Waals surface area contributed by atoms with Crippen LogP contribution in [0.4, 0.5) is 11.4 Å². The Hall–Kier alpha value is -2.74. The van der Waals surface area contributed by atoms with Gasteiger partial charge in [-0.3, -0.25) is 0 Å². The summed E-state index contributed by atoms with van der Waals surface area (Å²) in [5, 5.41) is 0. The van der Waals surface area contributed by atoms with E-state index in [0.29, 0.717) is 0 Å². The van der Waals surface area contributed by atoms with Crippen LogP contribution in [0.1, 0.15) is 25.3 Å². The van der Waals surface area contributed by atoms with Gasteiger partial charge in [-0.25, -0.2) is 0 Å². The van der Waals surface area contributed by atoms with E-state index in [9.17, 15) is 0 Å². The molecule has 3 rings (SSSR count). The molecule has 1 heterocycles. The fourth-order valence-electron chi connectivity index (χ4n) is 2.95. The van der Waals surface area contributed by atoms with Crippen LogP contribution in [0.15, 0.2) is 85.3 Å². The van der Waals surface area contributed by atoms with Crippen LogP contribution < -0.4 is 9.64 Å². The largest absolute Gasteiger partial charge is 0.453 e. The van der Waals surface area contributed by atoms with Crippen LogP contribution in [0.2, 0.25) is 0 Å². The lowest BCUT2D eigenvalue weighted by Gasteiger charge is -2.33. The van der Waals surface area contributed by atoms with E-state index in [0.717, 1.165) is 35.0 Å². The van der Waals surface area contributed by atoms with Crippen LogP contribution in [0.5, 0.6) is 5.75 Å². The number of rotatable bonds is 6. The monoisotopic (exact) mass is 317 g/mol. The molecule has 0 unspecified atom stereocenters. The molecule has 0 N–H and O–H groups in total. The molecule has 0 radical (unpaired) electrons. The van der Waals surface area contributed by atoms with Crippen molar-refractivity contribution in [3.63, 3.8) is 0 Å². The van der Waals surface area contributed by atoms with Crippen molar-refractivity contribution in [3.05, 3.63) is 90.9 Å². The van der Waals surface area contributed by atoms with E-state index < -0.39 is 0 Å². The van der Waals surface area contributed by atoms with Crippen molar-refractivity contribution in [1.29, 1.82) is 0 Å². The predicted octanol–water partition coefficient (Wildman–Crippen LogP) is 6.14. The zero-order valence-corrected chi connectivity index (χ0v) is 14.2. The molecule has 2 nitrogen and oxygen atoms in total. The second-order valence-corrected chi connectivity index (χ2v) is 5.83. The second kappa shape index (κ2) is 7.22. The molecule has 24 heavy (non-hydrogen) atoms. The quantitative estimate of drug-likeness (QED) is 0.634. The van der Waals surface area contributed by atoms with Crippen molar-refractivity contribution in [2.24, 2.45) is 0 Å². The second-order valence-electron chi connectivity index (χ2n) is 5.83. The Bertz CT molecular complexity index is 771. The van der Waals surface area contributed by atoms with Crippen molar-refractivity contribution in [2.45, 2.75) is 26.2 Å². The molecule has 0 aromatic heterocycles. The van der Waals surface area contributed by atoms with Gasteiger partial charge in [0.05, 0.1) is 11.4 Å². The van der Waals surface area contributed by atoms with E-state index in [-0.39, 0.29) is 0 Å². The van der Waals surface area contributed by atoms with Crippen molar-refractivity contribution in [2.75, 3.05) is 4.90 Å². The molecule has 0 spiro atoms. The van der Waals surface area contributed by atoms with Crippen LogP contribution in [0.25, 0.3) is 0 Å². The maximum Gasteiger partial charge on any atom is 0.151 e. The summed E-state index contributed by atoms with van der Waals surface area (Å²) < 4.78 is 5.96. The third-order valence-electron chi connectivity index (χ3n) is 4.21. The zero-order valence-electron chi connectivity index (χ0n) is 14.2. The fourth-order valence-corrected chi connectivity index (χ4v) is 2.95. The molecule has 0 saturated heterocycles. The smallest absolute Gasteiger partial charge is 0.151 e. The number of para-hydroxylation sites is 2. The van der Waals surface area contributed by atoms with Crippen LogP contribution in [-0.2, 0) is 6.42 Å². The first kappa shape index (κ1) is 16.1. The number of hydrogen-bond donors (Lipinski definition) is 0. The first-order valence-corrected chi connectivity index (χ1v) is 8.43. The number of anilines is 2. The molecule has 0 bridgehead atoms. The molecular formula is C22H23NO. The van der Waals surface area contributed by atoms with Crippen LogP contribution >= 0.6 is 0 Å². The highest BCUT2D eigenvalue weighted by Crippen LogP contribution is 2.42. The highest BCUT2D eigenvalue weighted by atomic mass is 16.5. The summed E-state index contributed by atoms with van der Waals surface area (Å²) in [5.74, 6) is 1.55. The lowest BCUT2D eigenvalue weighted by atomic mass is 10.1. The Labute approximate surface area is 144 Å². The highest BCUT2D eigenvalue weighted by Gasteiger charge is 2.25. The van der Waals surface area contributed by atoms with Crippen molar-refractivity contribution in [1.82, 2.24) is 0 Å². The molecule has 0 saturated carbocycles. The van der Waals surface area contributed by atoms with Crippen LogP contribution in [0, 0.1) is 0 Å². The van der Waals surface area contributed by atoms with Gasteiger partial charge in [0.2, 0.25) is 0 Å². The van der Waals surface area contributed by atoms with Gasteiger partial charge < -0.3 is 9.64 Å². The van der Waals surface area contributed by atoms with E-state index in [1.54, 1.807) is 6.08 Å². The van der Waals surface area contributed by atoms with E-state index >= 15 is 0 Å². The van der Waals surface area contributed by atoms with Crippen molar-refractivity contribution < 1.29 is 4.74 Å². The zero-order chi connectivity index (χ0) is 16.9. The van der Waals surface area contributed by atoms with Gasteiger partial charge in [0.15, 0.2) is 11.5 Å². The summed E-state index contributed by atoms with van der Waals surface area (Å²) in [6.45, 7) is 10.1. The van der Waals surface area contributed by atoms with Crippen LogP contribution in [-0.4, -0.2) is 0 Å². The number of benzene rings is 2. The summed E-state index contributed by atoms with van der Waals surface area (Å²) in [7, 11) is 0. The van der Waals surface area contributed by atoms with Gasteiger partial charge in [-0.05, 0) is 54.8 Å². The maximum atomic E-state index is 5.96. The van der Waals surface area contributed by atoms with E-state index in [2.05, 4.69) is 55.3 Å². The standard InChI is InChI=1S/C22H23NO/c1-4-7-10-17-13-15-18(16-14-17)23-19(5-2)21(6-3)24-22-12-9-8-11-20(22)23/h5-6,8-9,11-16H,2-4,7,10H2,1H3.